The second-order valence-corrected chi connectivity index (χ2v) is 6.61. The third kappa shape index (κ3) is 5.15. The SMILES string of the molecule is CC(Sc1ccc([N+](=O)[O-])cc1)C(=O)NC(CN)C1CC1.Cl. The van der Waals surface area contributed by atoms with Gasteiger partial charge in [0.1, 0.15) is 0 Å². The van der Waals surface area contributed by atoms with Crippen LogP contribution in [-0.4, -0.2) is 28.7 Å². The van der Waals surface area contributed by atoms with Crippen LogP contribution in [0.25, 0.3) is 0 Å². The fourth-order valence-electron chi connectivity index (χ4n) is 2.07. The van der Waals surface area contributed by atoms with Crippen LogP contribution < -0.4 is 11.1 Å². The number of carbonyl (C=O) groups is 1. The number of nitrogens with two attached hydrogens (primary N) is 1. The fraction of sp³-hybridized carbons (Fsp3) is 0.500. The molecule has 0 radical (unpaired) electrons. The molecule has 1 aliphatic carbocycles. The van der Waals surface area contributed by atoms with Crippen LogP contribution in [0.3, 0.4) is 0 Å². The van der Waals surface area contributed by atoms with Crippen molar-refractivity contribution in [1.29, 1.82) is 0 Å². The Morgan fingerprint density at radius 3 is 2.50 bits per heavy atom. The van der Waals surface area contributed by atoms with Crippen LogP contribution in [0.5, 0.6) is 0 Å². The summed E-state index contributed by atoms with van der Waals surface area (Å²) in [6.45, 7) is 2.28. The van der Waals surface area contributed by atoms with Gasteiger partial charge in [0.2, 0.25) is 5.91 Å². The summed E-state index contributed by atoms with van der Waals surface area (Å²) in [5.41, 5.74) is 5.72. The monoisotopic (exact) mass is 345 g/mol. The minimum atomic E-state index is -0.438. The number of amides is 1. The van der Waals surface area contributed by atoms with Crippen LogP contribution in [0.4, 0.5) is 5.69 Å². The van der Waals surface area contributed by atoms with E-state index in [0.717, 1.165) is 17.7 Å². The summed E-state index contributed by atoms with van der Waals surface area (Å²) in [5.74, 6) is 0.483. The van der Waals surface area contributed by atoms with Crippen molar-refractivity contribution in [3.63, 3.8) is 0 Å². The van der Waals surface area contributed by atoms with Gasteiger partial charge in [0.15, 0.2) is 0 Å². The molecule has 22 heavy (non-hydrogen) atoms. The maximum absolute atomic E-state index is 12.1. The molecule has 3 N–H and O–H groups in total. The van der Waals surface area contributed by atoms with Gasteiger partial charge in [0, 0.05) is 29.6 Å². The number of hydrogen-bond donors (Lipinski definition) is 2. The first-order valence-electron chi connectivity index (χ1n) is 6.93. The molecule has 1 aromatic carbocycles. The zero-order chi connectivity index (χ0) is 15.4. The molecular formula is C14H20ClN3O3S. The standard InChI is InChI=1S/C14H19N3O3S.ClH/c1-9(14(18)16-13(8-15)10-2-3-10)21-12-6-4-11(5-7-12)17(19)20;/h4-7,9-10,13H,2-3,8,15H2,1H3,(H,16,18);1H. The van der Waals surface area contributed by atoms with E-state index in [9.17, 15) is 14.9 Å². The molecule has 0 aliphatic heterocycles. The maximum atomic E-state index is 12.1. The summed E-state index contributed by atoms with van der Waals surface area (Å²) in [6, 6.07) is 6.28. The number of nitrogens with one attached hydrogen (secondary N) is 1. The first-order chi connectivity index (χ1) is 10.0. The average Bonchev–Trinajstić information content (AvgIpc) is 3.29. The highest BCUT2D eigenvalue weighted by atomic mass is 35.5. The number of rotatable bonds is 7. The average molecular weight is 346 g/mol. The maximum Gasteiger partial charge on any atom is 0.269 e. The van der Waals surface area contributed by atoms with Gasteiger partial charge >= 0.3 is 0 Å². The number of carbonyl (C=O) groups excluding carboxylic acids is 1. The number of benzene rings is 1. The Labute approximate surface area is 139 Å². The molecule has 0 saturated heterocycles. The molecule has 122 valence electrons. The van der Waals surface area contributed by atoms with E-state index in [2.05, 4.69) is 5.32 Å². The molecule has 2 rings (SSSR count). The smallest absolute Gasteiger partial charge is 0.269 e. The lowest BCUT2D eigenvalue weighted by molar-refractivity contribution is -0.384. The van der Waals surface area contributed by atoms with Crippen molar-refractivity contribution in [3.05, 3.63) is 34.4 Å². The topological polar surface area (TPSA) is 98.3 Å². The van der Waals surface area contributed by atoms with E-state index in [1.54, 1.807) is 12.1 Å². The summed E-state index contributed by atoms with van der Waals surface area (Å²) >= 11 is 1.38. The third-order valence-electron chi connectivity index (χ3n) is 3.50. The minimum Gasteiger partial charge on any atom is -0.351 e. The van der Waals surface area contributed by atoms with Crippen molar-refractivity contribution in [2.45, 2.75) is 36.0 Å². The molecule has 2 atom stereocenters. The molecule has 0 aromatic heterocycles. The van der Waals surface area contributed by atoms with E-state index in [-0.39, 0.29) is 35.3 Å². The van der Waals surface area contributed by atoms with E-state index >= 15 is 0 Å². The Hall–Kier alpha value is -1.31. The molecule has 8 heteroatoms. The van der Waals surface area contributed by atoms with Crippen LogP contribution in [-0.2, 0) is 4.79 Å². The molecule has 1 saturated carbocycles. The quantitative estimate of drug-likeness (QED) is 0.449. The van der Waals surface area contributed by atoms with Crippen molar-refractivity contribution in [2.75, 3.05) is 6.54 Å². The van der Waals surface area contributed by atoms with E-state index in [4.69, 9.17) is 5.73 Å². The molecule has 6 nitrogen and oxygen atoms in total. The second kappa shape index (κ2) is 8.36. The number of hydrogen-bond acceptors (Lipinski definition) is 5. The van der Waals surface area contributed by atoms with Gasteiger partial charge in [-0.25, -0.2) is 0 Å². The normalized spacial score (nSPS) is 16.3. The highest BCUT2D eigenvalue weighted by molar-refractivity contribution is 8.00. The predicted molar refractivity (Wildman–Crippen MR) is 89.4 cm³/mol. The number of halogens is 1. The first-order valence-corrected chi connectivity index (χ1v) is 7.80. The predicted octanol–water partition coefficient (Wildman–Crippen LogP) is 2.35. The van der Waals surface area contributed by atoms with Crippen LogP contribution >= 0.6 is 24.2 Å². The van der Waals surface area contributed by atoms with E-state index in [1.165, 1.54) is 23.9 Å². The van der Waals surface area contributed by atoms with Gasteiger partial charge in [-0.1, -0.05) is 0 Å². The zero-order valence-electron chi connectivity index (χ0n) is 12.2. The number of non-ortho nitro benzene ring substituents is 1. The lowest BCUT2D eigenvalue weighted by Crippen LogP contribution is -2.44. The van der Waals surface area contributed by atoms with Gasteiger partial charge in [-0.3, -0.25) is 14.9 Å². The van der Waals surface area contributed by atoms with E-state index < -0.39 is 4.92 Å². The Bertz CT molecular complexity index is 523. The third-order valence-corrected chi connectivity index (χ3v) is 4.61. The molecule has 0 heterocycles. The van der Waals surface area contributed by atoms with Crippen LogP contribution in [0, 0.1) is 16.0 Å². The molecule has 2 unspecified atom stereocenters. The Morgan fingerprint density at radius 2 is 2.05 bits per heavy atom. The van der Waals surface area contributed by atoms with Crippen molar-refractivity contribution in [3.8, 4) is 0 Å². The summed E-state index contributed by atoms with van der Waals surface area (Å²) in [5, 5.41) is 13.3. The molecule has 0 spiro atoms. The number of nitro groups is 1. The largest absolute Gasteiger partial charge is 0.351 e. The zero-order valence-corrected chi connectivity index (χ0v) is 13.9. The van der Waals surface area contributed by atoms with Crippen LogP contribution in [0.15, 0.2) is 29.2 Å². The molecule has 1 aromatic rings. The van der Waals surface area contributed by atoms with Crippen molar-refractivity contribution in [2.24, 2.45) is 11.7 Å². The number of thioether (sulfide) groups is 1. The second-order valence-electron chi connectivity index (χ2n) is 5.20. The van der Waals surface area contributed by atoms with E-state index in [1.807, 2.05) is 6.92 Å². The first kappa shape index (κ1) is 18.7. The number of nitrogens with zero attached hydrogens (tertiary/aromatic N) is 1. The van der Waals surface area contributed by atoms with Crippen molar-refractivity contribution in [1.82, 2.24) is 5.32 Å². The summed E-state index contributed by atoms with van der Waals surface area (Å²) in [6.07, 6.45) is 2.26. The lowest BCUT2D eigenvalue weighted by atomic mass is 10.2. The fourth-order valence-corrected chi connectivity index (χ4v) is 2.95. The van der Waals surface area contributed by atoms with E-state index in [0.29, 0.717) is 12.5 Å². The summed E-state index contributed by atoms with van der Waals surface area (Å²) in [4.78, 5) is 23.1. The Kier molecular flexibility index (Phi) is 7.12. The van der Waals surface area contributed by atoms with Crippen molar-refractivity contribution >= 4 is 35.8 Å². The van der Waals surface area contributed by atoms with Gasteiger partial charge in [-0.15, -0.1) is 24.2 Å². The summed E-state index contributed by atoms with van der Waals surface area (Å²) < 4.78 is 0. The molecule has 1 amide bonds. The van der Waals surface area contributed by atoms with Gasteiger partial charge in [0.25, 0.3) is 5.69 Å². The van der Waals surface area contributed by atoms with Crippen molar-refractivity contribution < 1.29 is 9.72 Å². The van der Waals surface area contributed by atoms with Gasteiger partial charge < -0.3 is 11.1 Å². The van der Waals surface area contributed by atoms with Crippen LogP contribution in [0.2, 0.25) is 0 Å². The Balaban J connectivity index is 0.00000242. The van der Waals surface area contributed by atoms with Gasteiger partial charge in [0.05, 0.1) is 10.2 Å². The van der Waals surface area contributed by atoms with Gasteiger partial charge in [-0.2, -0.15) is 0 Å². The van der Waals surface area contributed by atoms with Gasteiger partial charge in [-0.05, 0) is 37.8 Å². The highest BCUT2D eigenvalue weighted by Crippen LogP contribution is 2.32. The minimum absolute atomic E-state index is 0. The molecule has 1 fully saturated rings. The summed E-state index contributed by atoms with van der Waals surface area (Å²) in [7, 11) is 0. The lowest BCUT2D eigenvalue weighted by Gasteiger charge is -2.19. The molecular weight excluding hydrogens is 326 g/mol. The molecule has 0 bridgehead atoms. The molecule has 1 aliphatic rings. The Morgan fingerprint density at radius 1 is 1.45 bits per heavy atom. The highest BCUT2D eigenvalue weighted by Gasteiger charge is 2.32. The number of nitro benzene ring substituents is 1. The van der Waals surface area contributed by atoms with Crippen LogP contribution in [0.1, 0.15) is 19.8 Å².